The molecule has 1 aromatic carbocycles. The zero-order valence-electron chi connectivity index (χ0n) is 15.4. The van der Waals surface area contributed by atoms with Gasteiger partial charge in [0.15, 0.2) is 11.5 Å². The summed E-state index contributed by atoms with van der Waals surface area (Å²) in [6, 6.07) is 4.08. The van der Waals surface area contributed by atoms with Crippen LogP contribution < -0.4 is 14.8 Å². The molecule has 1 atom stereocenters. The van der Waals surface area contributed by atoms with Crippen LogP contribution in [0.1, 0.15) is 48.9 Å². The molecule has 1 aliphatic carbocycles. The summed E-state index contributed by atoms with van der Waals surface area (Å²) < 4.78 is 11.5. The highest BCUT2D eigenvalue weighted by atomic mass is 79.9. The fraction of sp³-hybridized carbons (Fsp3) is 0.650. The molecule has 0 aromatic heterocycles. The molecule has 5 nitrogen and oxygen atoms in total. The lowest BCUT2D eigenvalue weighted by atomic mass is 10.0. The molecule has 6 heteroatoms. The van der Waals surface area contributed by atoms with Crippen LogP contribution in [0.2, 0.25) is 0 Å². The fourth-order valence-corrected chi connectivity index (χ4v) is 4.61. The van der Waals surface area contributed by atoms with E-state index < -0.39 is 0 Å². The van der Waals surface area contributed by atoms with Crippen molar-refractivity contribution in [3.05, 3.63) is 17.7 Å². The van der Waals surface area contributed by atoms with Crippen LogP contribution in [0.5, 0.6) is 11.5 Å². The van der Waals surface area contributed by atoms with Gasteiger partial charge in [-0.3, -0.25) is 4.79 Å². The van der Waals surface area contributed by atoms with Gasteiger partial charge in [0.25, 0.3) is 5.91 Å². The van der Waals surface area contributed by atoms with E-state index in [1.54, 1.807) is 7.11 Å². The molecule has 0 radical (unpaired) electrons. The number of anilines is 1. The lowest BCUT2D eigenvalue weighted by molar-refractivity contribution is 0.0744. The maximum atomic E-state index is 13.1. The molecule has 0 unspecified atom stereocenters. The van der Waals surface area contributed by atoms with Crippen molar-refractivity contribution in [1.82, 2.24) is 4.90 Å². The van der Waals surface area contributed by atoms with Crippen LogP contribution in [0, 0.1) is 5.41 Å². The molecule has 3 aliphatic rings. The summed E-state index contributed by atoms with van der Waals surface area (Å²) in [5.41, 5.74) is 1.99. The number of rotatable bonds is 7. The number of halogens is 1. The van der Waals surface area contributed by atoms with Crippen molar-refractivity contribution in [2.45, 2.75) is 44.6 Å². The highest BCUT2D eigenvalue weighted by Gasteiger charge is 2.53. The molecule has 2 heterocycles. The minimum absolute atomic E-state index is 0.126. The molecule has 26 heavy (non-hydrogen) atoms. The maximum Gasteiger partial charge on any atom is 0.256 e. The monoisotopic (exact) mass is 422 g/mol. The number of methoxy groups -OCH3 is 1. The lowest BCUT2D eigenvalue weighted by Crippen LogP contribution is -2.37. The number of benzene rings is 1. The molecule has 1 N–H and O–H groups in total. The molecular formula is C20H27BrN2O3. The van der Waals surface area contributed by atoms with E-state index in [0.29, 0.717) is 35.1 Å². The third-order valence-electron chi connectivity index (χ3n) is 5.93. The van der Waals surface area contributed by atoms with E-state index in [1.807, 2.05) is 12.1 Å². The maximum absolute atomic E-state index is 13.1. The van der Waals surface area contributed by atoms with Gasteiger partial charge >= 0.3 is 0 Å². The Kier molecular flexibility index (Phi) is 5.04. The number of unbranched alkanes of at least 4 members (excludes halogenated alkanes) is 2. The molecule has 1 aromatic rings. The first-order valence-corrected chi connectivity index (χ1v) is 10.7. The van der Waals surface area contributed by atoms with Crippen molar-refractivity contribution in [3.63, 3.8) is 0 Å². The summed E-state index contributed by atoms with van der Waals surface area (Å²) in [5.74, 6) is 1.48. The Bertz CT molecular complexity index is 690. The first kappa shape index (κ1) is 18.0. The van der Waals surface area contributed by atoms with Crippen molar-refractivity contribution in [2.75, 3.05) is 37.5 Å². The van der Waals surface area contributed by atoms with Gasteiger partial charge in [-0.15, -0.1) is 0 Å². The number of nitrogens with zero attached hydrogens (tertiary/aromatic N) is 1. The topological polar surface area (TPSA) is 50.8 Å². The molecule has 4 rings (SSSR count). The quantitative estimate of drug-likeness (QED) is 0.531. The Labute approximate surface area is 163 Å². The first-order chi connectivity index (χ1) is 12.7. The second-order valence-electron chi connectivity index (χ2n) is 7.82. The summed E-state index contributed by atoms with van der Waals surface area (Å²) >= 11 is 3.45. The molecule has 1 saturated carbocycles. The van der Waals surface area contributed by atoms with Crippen LogP contribution in [0.25, 0.3) is 0 Å². The largest absolute Gasteiger partial charge is 0.493 e. The lowest BCUT2D eigenvalue weighted by Gasteiger charge is -2.21. The van der Waals surface area contributed by atoms with Gasteiger partial charge in [0.2, 0.25) is 0 Å². The first-order valence-electron chi connectivity index (χ1n) is 9.61. The van der Waals surface area contributed by atoms with Gasteiger partial charge in [-0.05, 0) is 50.0 Å². The van der Waals surface area contributed by atoms with Crippen LogP contribution >= 0.6 is 15.9 Å². The summed E-state index contributed by atoms with van der Waals surface area (Å²) in [6.07, 6.45) is 6.97. The summed E-state index contributed by atoms with van der Waals surface area (Å²) in [4.78, 5) is 15.2. The molecule has 1 amide bonds. The molecular weight excluding hydrogens is 396 g/mol. The van der Waals surface area contributed by atoms with E-state index >= 15 is 0 Å². The highest BCUT2D eigenvalue weighted by Crippen LogP contribution is 2.55. The van der Waals surface area contributed by atoms with Crippen LogP contribution in [-0.2, 0) is 0 Å². The van der Waals surface area contributed by atoms with Gasteiger partial charge in [-0.2, -0.15) is 0 Å². The Morgan fingerprint density at radius 2 is 2.12 bits per heavy atom. The third kappa shape index (κ3) is 3.40. The average molecular weight is 423 g/mol. The van der Waals surface area contributed by atoms with Crippen molar-refractivity contribution < 1.29 is 14.3 Å². The number of carbonyl (C=O) groups is 1. The minimum atomic E-state index is 0.126. The van der Waals surface area contributed by atoms with Gasteiger partial charge in [-0.1, -0.05) is 15.9 Å². The Morgan fingerprint density at radius 1 is 1.27 bits per heavy atom. The molecule has 142 valence electrons. The van der Waals surface area contributed by atoms with Crippen LogP contribution in [0.15, 0.2) is 12.1 Å². The van der Waals surface area contributed by atoms with Crippen molar-refractivity contribution in [1.29, 1.82) is 0 Å². The average Bonchev–Trinajstić information content (AvgIpc) is 3.32. The van der Waals surface area contributed by atoms with Gasteiger partial charge in [0, 0.05) is 30.5 Å². The number of fused-ring (bicyclic) bond motifs is 2. The Balaban J connectivity index is 1.52. The van der Waals surface area contributed by atoms with E-state index in [4.69, 9.17) is 9.47 Å². The zero-order valence-corrected chi connectivity index (χ0v) is 16.9. The van der Waals surface area contributed by atoms with Crippen LogP contribution in [0.4, 0.5) is 5.69 Å². The third-order valence-corrected chi connectivity index (χ3v) is 6.49. The standard InChI is InChI=1S/C20H27BrN2O3/c1-25-17-9-15-16(10-18(17)26-8-4-2-3-7-21)22-12-14-11-20(5-6-20)13-23(14)19(15)24/h9-10,14,22H,2-8,11-13H2,1H3/t14-/m0/s1. The molecule has 0 bridgehead atoms. The second kappa shape index (κ2) is 7.29. The predicted octanol–water partition coefficient (Wildman–Crippen LogP) is 4.06. The smallest absolute Gasteiger partial charge is 0.256 e. The van der Waals surface area contributed by atoms with E-state index in [-0.39, 0.29) is 5.91 Å². The van der Waals surface area contributed by atoms with Crippen LogP contribution in [0.3, 0.4) is 0 Å². The Morgan fingerprint density at radius 3 is 2.85 bits per heavy atom. The fourth-order valence-electron chi connectivity index (χ4n) is 4.22. The Hall–Kier alpha value is -1.43. The highest BCUT2D eigenvalue weighted by molar-refractivity contribution is 9.09. The summed E-state index contributed by atoms with van der Waals surface area (Å²) in [5, 5.41) is 4.52. The van der Waals surface area contributed by atoms with E-state index in [9.17, 15) is 4.79 Å². The molecule has 1 spiro atoms. The van der Waals surface area contributed by atoms with Crippen molar-refractivity contribution in [2.24, 2.45) is 5.41 Å². The minimum Gasteiger partial charge on any atom is -0.493 e. The molecule has 2 fully saturated rings. The zero-order chi connectivity index (χ0) is 18.1. The van der Waals surface area contributed by atoms with Crippen LogP contribution in [-0.4, -0.2) is 49.0 Å². The number of carbonyl (C=O) groups excluding carboxylic acids is 1. The number of nitrogens with one attached hydrogen (secondary N) is 1. The second-order valence-corrected chi connectivity index (χ2v) is 8.61. The summed E-state index contributed by atoms with van der Waals surface area (Å²) in [7, 11) is 1.63. The van der Waals surface area contributed by atoms with Crippen molar-refractivity contribution >= 4 is 27.5 Å². The number of amides is 1. The van der Waals surface area contributed by atoms with Gasteiger partial charge in [-0.25, -0.2) is 0 Å². The SMILES string of the molecule is COc1cc2c(cc1OCCCCCBr)NC[C@@H]1CC3(CC3)CN1C2=O. The van der Waals surface area contributed by atoms with E-state index in [1.165, 1.54) is 12.8 Å². The summed E-state index contributed by atoms with van der Waals surface area (Å²) in [6.45, 7) is 2.39. The molecule has 2 aliphatic heterocycles. The molecule has 1 saturated heterocycles. The van der Waals surface area contributed by atoms with E-state index in [0.717, 1.165) is 49.8 Å². The van der Waals surface area contributed by atoms with E-state index in [2.05, 4.69) is 26.1 Å². The number of hydrogen-bond donors (Lipinski definition) is 1. The number of alkyl halides is 1. The van der Waals surface area contributed by atoms with Gasteiger partial charge in [0.1, 0.15) is 0 Å². The number of hydrogen-bond acceptors (Lipinski definition) is 4. The van der Waals surface area contributed by atoms with Crippen molar-refractivity contribution in [3.8, 4) is 11.5 Å². The normalized spacial score (nSPS) is 22.5. The van der Waals surface area contributed by atoms with Gasteiger partial charge in [0.05, 0.1) is 25.0 Å². The number of ether oxygens (including phenoxy) is 2. The van der Waals surface area contributed by atoms with Gasteiger partial charge < -0.3 is 19.7 Å². The predicted molar refractivity (Wildman–Crippen MR) is 106 cm³/mol.